The zero-order chi connectivity index (χ0) is 16.9. The van der Waals surface area contributed by atoms with Crippen LogP contribution in [0.4, 0.5) is 0 Å². The Hall–Kier alpha value is -2.30. The molecule has 0 saturated carbocycles. The Labute approximate surface area is 140 Å². The largest absolute Gasteiger partial charge is 0.480 e. The minimum Gasteiger partial charge on any atom is -0.480 e. The van der Waals surface area contributed by atoms with Gasteiger partial charge in [0.25, 0.3) is 0 Å². The maximum Gasteiger partial charge on any atom is 0.329 e. The van der Waals surface area contributed by atoms with Gasteiger partial charge in [-0.3, -0.25) is 4.79 Å². The second-order valence-corrected chi connectivity index (χ2v) is 7.14. The van der Waals surface area contributed by atoms with E-state index in [1.54, 1.807) is 13.2 Å². The molecule has 1 saturated heterocycles. The molecular weight excluding hydrogens is 306 g/mol. The summed E-state index contributed by atoms with van der Waals surface area (Å²) in [5.74, 6) is -1.07. The number of carbonyl (C=O) groups is 2. The highest BCUT2D eigenvalue weighted by Gasteiger charge is 2.45. The quantitative estimate of drug-likeness (QED) is 0.941. The fourth-order valence-corrected chi connectivity index (χ4v) is 4.13. The lowest BCUT2D eigenvalue weighted by molar-refractivity contribution is -0.155. The molecule has 5 nitrogen and oxygen atoms in total. The van der Waals surface area contributed by atoms with Gasteiger partial charge in [0.05, 0.1) is 12.7 Å². The van der Waals surface area contributed by atoms with Gasteiger partial charge in [0.2, 0.25) is 5.91 Å². The van der Waals surface area contributed by atoms with Crippen molar-refractivity contribution in [2.24, 2.45) is 0 Å². The Morgan fingerprint density at radius 3 is 2.75 bits per heavy atom. The van der Waals surface area contributed by atoms with Gasteiger partial charge in [0, 0.05) is 17.5 Å². The average molecular weight is 327 g/mol. The normalized spacial score (nSPS) is 23.0. The Bertz CT molecular complexity index is 837. The van der Waals surface area contributed by atoms with Crippen molar-refractivity contribution in [3.8, 4) is 0 Å². The standard InChI is InChI=1S/C19H21NO4/c1-19(18(22)23)6-3-7-20(19)17(21)10-14-11-24-16-9-13-5-2-4-12(13)8-15(14)16/h8-9,11H,2-7,10H2,1H3,(H,22,23). The van der Waals surface area contributed by atoms with Crippen LogP contribution in [0.5, 0.6) is 0 Å². The van der Waals surface area contributed by atoms with Crippen molar-refractivity contribution in [3.63, 3.8) is 0 Å². The minimum absolute atomic E-state index is 0.138. The van der Waals surface area contributed by atoms with E-state index in [1.165, 1.54) is 22.4 Å². The lowest BCUT2D eigenvalue weighted by Crippen LogP contribution is -2.51. The molecule has 1 atom stereocenters. The van der Waals surface area contributed by atoms with Gasteiger partial charge in [-0.2, -0.15) is 0 Å². The topological polar surface area (TPSA) is 70.8 Å². The van der Waals surface area contributed by atoms with E-state index in [9.17, 15) is 14.7 Å². The number of benzene rings is 1. The van der Waals surface area contributed by atoms with Crippen LogP contribution in [0.3, 0.4) is 0 Å². The number of likely N-dealkylation sites (tertiary alicyclic amines) is 1. The molecule has 2 aliphatic rings. The Kier molecular flexibility index (Phi) is 3.41. The van der Waals surface area contributed by atoms with Crippen molar-refractivity contribution in [3.05, 3.63) is 35.1 Å². The minimum atomic E-state index is -1.09. The van der Waals surface area contributed by atoms with E-state index in [1.807, 2.05) is 0 Å². The summed E-state index contributed by atoms with van der Waals surface area (Å²) < 4.78 is 5.65. The molecule has 5 heteroatoms. The number of rotatable bonds is 3. The highest BCUT2D eigenvalue weighted by Crippen LogP contribution is 2.33. The van der Waals surface area contributed by atoms with Crippen LogP contribution in [0.2, 0.25) is 0 Å². The van der Waals surface area contributed by atoms with Gasteiger partial charge in [0.15, 0.2) is 0 Å². The van der Waals surface area contributed by atoms with Crippen LogP contribution in [-0.2, 0) is 28.9 Å². The number of amides is 1. The maximum atomic E-state index is 12.7. The lowest BCUT2D eigenvalue weighted by Gasteiger charge is -2.31. The molecule has 2 aromatic rings. The first-order valence-corrected chi connectivity index (χ1v) is 8.55. The summed E-state index contributed by atoms with van der Waals surface area (Å²) in [6, 6.07) is 4.23. The highest BCUT2D eigenvalue weighted by atomic mass is 16.4. The Balaban J connectivity index is 1.62. The molecule has 1 aliphatic carbocycles. The number of nitrogens with zero attached hydrogens (tertiary/aromatic N) is 1. The zero-order valence-electron chi connectivity index (χ0n) is 13.8. The van der Waals surface area contributed by atoms with Crippen molar-refractivity contribution >= 4 is 22.8 Å². The molecule has 0 radical (unpaired) electrons. The van der Waals surface area contributed by atoms with E-state index in [2.05, 4.69) is 12.1 Å². The molecule has 126 valence electrons. The number of carboxylic acid groups (broad SMARTS) is 1. The van der Waals surface area contributed by atoms with Crippen LogP contribution in [0.1, 0.15) is 42.9 Å². The first-order chi connectivity index (χ1) is 11.5. The van der Waals surface area contributed by atoms with Crippen LogP contribution in [0.15, 0.2) is 22.8 Å². The number of furan rings is 1. The second-order valence-electron chi connectivity index (χ2n) is 7.14. The average Bonchev–Trinajstić information content (AvgIpc) is 3.24. The third-order valence-corrected chi connectivity index (χ3v) is 5.61. The number of carbonyl (C=O) groups excluding carboxylic acids is 1. The molecule has 1 aromatic heterocycles. The first kappa shape index (κ1) is 15.2. The third kappa shape index (κ3) is 2.22. The van der Waals surface area contributed by atoms with E-state index >= 15 is 0 Å². The molecule has 1 aromatic carbocycles. The lowest BCUT2D eigenvalue weighted by atomic mass is 9.98. The summed E-state index contributed by atoms with van der Waals surface area (Å²) in [5.41, 5.74) is 3.27. The number of hydrogen-bond donors (Lipinski definition) is 1. The van der Waals surface area contributed by atoms with E-state index < -0.39 is 11.5 Å². The fourth-order valence-electron chi connectivity index (χ4n) is 4.13. The smallest absolute Gasteiger partial charge is 0.329 e. The number of aliphatic carboxylic acids is 1. The summed E-state index contributed by atoms with van der Waals surface area (Å²) in [6.07, 6.45) is 6.40. The van der Waals surface area contributed by atoms with Gasteiger partial charge in [0.1, 0.15) is 11.1 Å². The summed E-state index contributed by atoms with van der Waals surface area (Å²) in [5, 5.41) is 10.5. The van der Waals surface area contributed by atoms with Crippen LogP contribution in [0, 0.1) is 0 Å². The van der Waals surface area contributed by atoms with Gasteiger partial charge >= 0.3 is 5.97 Å². The highest BCUT2D eigenvalue weighted by molar-refractivity contribution is 5.92. The Morgan fingerprint density at radius 1 is 1.25 bits per heavy atom. The SMILES string of the molecule is CC1(C(=O)O)CCCN1C(=O)Cc1coc2cc3c(cc12)CCC3. The molecule has 1 amide bonds. The second kappa shape index (κ2) is 5.36. The molecule has 2 heterocycles. The maximum absolute atomic E-state index is 12.7. The molecule has 0 bridgehead atoms. The number of aryl methyl sites for hydroxylation is 2. The van der Waals surface area contributed by atoms with E-state index in [0.717, 1.165) is 35.8 Å². The fraction of sp³-hybridized carbons (Fsp3) is 0.474. The molecule has 0 spiro atoms. The summed E-state index contributed by atoms with van der Waals surface area (Å²) in [4.78, 5) is 25.8. The predicted octanol–water partition coefficient (Wildman–Crippen LogP) is 2.93. The van der Waals surface area contributed by atoms with Crippen molar-refractivity contribution in [2.75, 3.05) is 6.54 Å². The van der Waals surface area contributed by atoms with Gasteiger partial charge in [-0.1, -0.05) is 0 Å². The molecule has 4 rings (SSSR count). The van der Waals surface area contributed by atoms with Crippen molar-refractivity contribution in [1.29, 1.82) is 0 Å². The van der Waals surface area contributed by atoms with Crippen LogP contribution >= 0.6 is 0 Å². The molecule has 1 fully saturated rings. The van der Waals surface area contributed by atoms with Gasteiger partial charge < -0.3 is 14.4 Å². The van der Waals surface area contributed by atoms with E-state index in [4.69, 9.17) is 4.42 Å². The molecule has 1 N–H and O–H groups in total. The molecule has 1 unspecified atom stereocenters. The van der Waals surface area contributed by atoms with Crippen molar-refractivity contribution in [2.45, 2.75) is 51.0 Å². The molecular formula is C19H21NO4. The summed E-state index contributed by atoms with van der Waals surface area (Å²) >= 11 is 0. The monoisotopic (exact) mass is 327 g/mol. The zero-order valence-corrected chi connectivity index (χ0v) is 13.8. The molecule has 1 aliphatic heterocycles. The van der Waals surface area contributed by atoms with Crippen molar-refractivity contribution < 1.29 is 19.1 Å². The van der Waals surface area contributed by atoms with Crippen LogP contribution in [-0.4, -0.2) is 34.0 Å². The van der Waals surface area contributed by atoms with Gasteiger partial charge in [-0.05, 0) is 62.3 Å². The van der Waals surface area contributed by atoms with Gasteiger partial charge in [-0.15, -0.1) is 0 Å². The summed E-state index contributed by atoms with van der Waals surface area (Å²) in [6.45, 7) is 2.15. The van der Waals surface area contributed by atoms with E-state index in [0.29, 0.717) is 13.0 Å². The first-order valence-electron chi connectivity index (χ1n) is 8.55. The van der Waals surface area contributed by atoms with Crippen LogP contribution < -0.4 is 0 Å². The Morgan fingerprint density at radius 2 is 2.00 bits per heavy atom. The van der Waals surface area contributed by atoms with Crippen LogP contribution in [0.25, 0.3) is 11.0 Å². The summed E-state index contributed by atoms with van der Waals surface area (Å²) in [7, 11) is 0. The predicted molar refractivity (Wildman–Crippen MR) is 88.9 cm³/mol. The third-order valence-electron chi connectivity index (χ3n) is 5.61. The van der Waals surface area contributed by atoms with Gasteiger partial charge in [-0.25, -0.2) is 4.79 Å². The van der Waals surface area contributed by atoms with E-state index in [-0.39, 0.29) is 12.3 Å². The number of carboxylic acids is 1. The molecule has 24 heavy (non-hydrogen) atoms. The number of fused-ring (bicyclic) bond motifs is 2. The van der Waals surface area contributed by atoms with Crippen molar-refractivity contribution in [1.82, 2.24) is 4.90 Å². The number of hydrogen-bond acceptors (Lipinski definition) is 3.